The third-order valence-electron chi connectivity index (χ3n) is 10.2. The van der Waals surface area contributed by atoms with Gasteiger partial charge in [-0.2, -0.15) is 5.10 Å². The number of carbonyl (C=O) groups excluding carboxylic acids is 8. The number of hydrogen-bond donors (Lipinski definition) is 5. The van der Waals surface area contributed by atoms with Crippen molar-refractivity contribution in [3.63, 3.8) is 0 Å². The molecule has 1 aromatic heterocycles. The number of piperidine rings is 2. The highest BCUT2D eigenvalue weighted by Gasteiger charge is 2.46. The molecule has 0 spiro atoms. The molecule has 3 aromatic rings. The molecule has 8 amide bonds. The molecule has 1 unspecified atom stereocenters. The highest BCUT2D eigenvalue weighted by molar-refractivity contribution is 6.40. The molecular formula is C39H42Cl2N8O9. The molecule has 5 N–H and O–H groups in total. The van der Waals surface area contributed by atoms with Gasteiger partial charge in [0.05, 0.1) is 38.6 Å². The number of imide groups is 2. The fourth-order valence-corrected chi connectivity index (χ4v) is 7.67. The highest BCUT2D eigenvalue weighted by Crippen LogP contribution is 2.34. The van der Waals surface area contributed by atoms with Crippen molar-refractivity contribution in [3.8, 4) is 5.75 Å². The summed E-state index contributed by atoms with van der Waals surface area (Å²) >= 11 is 12.3. The molecule has 0 aliphatic carbocycles. The van der Waals surface area contributed by atoms with E-state index >= 15 is 0 Å². The number of benzene rings is 2. The maximum absolute atomic E-state index is 13.2. The predicted octanol–water partition coefficient (Wildman–Crippen LogP) is 3.63. The van der Waals surface area contributed by atoms with Crippen LogP contribution in [0, 0.1) is 0 Å². The van der Waals surface area contributed by atoms with Gasteiger partial charge in [0, 0.05) is 38.5 Å². The first-order valence-electron chi connectivity index (χ1n) is 19.0. The van der Waals surface area contributed by atoms with Crippen LogP contribution >= 0.6 is 23.2 Å². The van der Waals surface area contributed by atoms with Crippen molar-refractivity contribution < 1.29 is 43.1 Å². The van der Waals surface area contributed by atoms with Crippen LogP contribution in [-0.2, 0) is 19.2 Å². The third-order valence-corrected chi connectivity index (χ3v) is 10.8. The highest BCUT2D eigenvalue weighted by atomic mass is 35.5. The van der Waals surface area contributed by atoms with Gasteiger partial charge in [-0.3, -0.25) is 53.7 Å². The lowest BCUT2D eigenvalue weighted by molar-refractivity contribution is -0.136. The fraction of sp³-hybridized carbons (Fsp3) is 0.410. The number of nitrogens with zero attached hydrogens (tertiary/aromatic N) is 3. The van der Waals surface area contributed by atoms with Gasteiger partial charge in [0.25, 0.3) is 29.5 Å². The molecule has 19 heteroatoms. The molecule has 0 bridgehead atoms. The number of rotatable bonds is 16. The van der Waals surface area contributed by atoms with Gasteiger partial charge in [-0.05, 0) is 56.4 Å². The normalized spacial score (nSPS) is 16.8. The summed E-state index contributed by atoms with van der Waals surface area (Å²) in [5, 5.41) is 17.4. The number of carbonyl (C=O) groups is 8. The van der Waals surface area contributed by atoms with Crippen molar-refractivity contribution >= 4 is 76.1 Å². The van der Waals surface area contributed by atoms with Crippen LogP contribution in [-0.4, -0.2) is 106 Å². The largest absolute Gasteiger partial charge is 0.483 e. The van der Waals surface area contributed by atoms with Gasteiger partial charge in [-0.15, -0.1) is 0 Å². The Balaban J connectivity index is 0.824. The zero-order valence-corrected chi connectivity index (χ0v) is 32.9. The summed E-state index contributed by atoms with van der Waals surface area (Å²) in [5.41, 5.74) is 0.382. The summed E-state index contributed by atoms with van der Waals surface area (Å²) in [5.74, 6) is -3.86. The van der Waals surface area contributed by atoms with Crippen molar-refractivity contribution in [1.82, 2.24) is 35.9 Å². The molecule has 3 aliphatic rings. The van der Waals surface area contributed by atoms with Gasteiger partial charge >= 0.3 is 0 Å². The molecule has 2 saturated heterocycles. The number of amides is 8. The SMILES string of the molecule is O=C(COc1cccc2c1C(=O)N(C1CCC(=O)NC1=O)C2=O)NCCCCCCCC(=O)N1CCC(NC(=O)c2[nH]ncc2NC(=O)c2c(Cl)cccc2Cl)CC1. The van der Waals surface area contributed by atoms with Crippen molar-refractivity contribution in [2.24, 2.45) is 0 Å². The van der Waals surface area contributed by atoms with E-state index in [0.29, 0.717) is 38.9 Å². The number of ether oxygens (including phenoxy) is 1. The van der Waals surface area contributed by atoms with E-state index in [-0.39, 0.29) is 75.3 Å². The number of aromatic nitrogens is 2. The van der Waals surface area contributed by atoms with E-state index in [2.05, 4.69) is 31.5 Å². The summed E-state index contributed by atoms with van der Waals surface area (Å²) < 4.78 is 5.62. The van der Waals surface area contributed by atoms with Crippen molar-refractivity contribution in [2.45, 2.75) is 76.3 Å². The first-order chi connectivity index (χ1) is 27.9. The van der Waals surface area contributed by atoms with Gasteiger partial charge in [0.15, 0.2) is 6.61 Å². The average Bonchev–Trinajstić information content (AvgIpc) is 3.76. The number of hydrogen-bond acceptors (Lipinski definition) is 10. The molecule has 306 valence electrons. The van der Waals surface area contributed by atoms with Crippen molar-refractivity contribution in [1.29, 1.82) is 0 Å². The Kier molecular flexibility index (Phi) is 13.8. The zero-order chi connectivity index (χ0) is 41.3. The molecule has 58 heavy (non-hydrogen) atoms. The van der Waals surface area contributed by atoms with Crippen LogP contribution in [0.2, 0.25) is 10.0 Å². The molecule has 1 atom stereocenters. The second kappa shape index (κ2) is 19.1. The molecule has 0 radical (unpaired) electrons. The van der Waals surface area contributed by atoms with Crippen LogP contribution in [0.3, 0.4) is 0 Å². The number of nitrogens with one attached hydrogen (secondary N) is 5. The van der Waals surface area contributed by atoms with Gasteiger partial charge < -0.3 is 25.6 Å². The minimum atomic E-state index is -1.11. The second-order valence-electron chi connectivity index (χ2n) is 14.1. The first kappa shape index (κ1) is 41.8. The first-order valence-corrected chi connectivity index (χ1v) is 19.8. The molecule has 2 fully saturated rings. The summed E-state index contributed by atoms with van der Waals surface area (Å²) in [4.78, 5) is 104. The molecule has 4 heterocycles. The van der Waals surface area contributed by atoms with Crippen LogP contribution in [0.5, 0.6) is 5.75 Å². The summed E-state index contributed by atoms with van der Waals surface area (Å²) in [7, 11) is 0. The molecule has 0 saturated carbocycles. The van der Waals surface area contributed by atoms with Crippen LogP contribution in [0.15, 0.2) is 42.6 Å². The predicted molar refractivity (Wildman–Crippen MR) is 209 cm³/mol. The molecule has 6 rings (SSSR count). The number of aromatic amines is 1. The van der Waals surface area contributed by atoms with Crippen LogP contribution < -0.4 is 26.0 Å². The van der Waals surface area contributed by atoms with E-state index in [1.54, 1.807) is 11.0 Å². The Labute approximate surface area is 342 Å². The van der Waals surface area contributed by atoms with Crippen LogP contribution in [0.1, 0.15) is 106 Å². The molecule has 2 aromatic carbocycles. The standard InChI is InChI=1S/C39H42Cl2N8O9/c40-24-9-7-10-25(41)33(24)36(54)45-26-20-43-47-34(26)37(55)44-22-15-18-48(19-16-22)31(52)12-4-2-1-3-5-17-42-30(51)21-58-28-11-6-8-23-32(28)39(57)49(38(23)56)27-13-14-29(50)46-35(27)53/h6-11,20,22,27H,1-5,12-19,21H2,(H,42,51)(H,43,47)(H,44,55)(H,45,54)(H,46,50,53). The molecule has 3 aliphatic heterocycles. The van der Waals surface area contributed by atoms with Crippen LogP contribution in [0.25, 0.3) is 0 Å². The topological polar surface area (TPSA) is 229 Å². The lowest BCUT2D eigenvalue weighted by Gasteiger charge is -2.32. The lowest BCUT2D eigenvalue weighted by Crippen LogP contribution is -2.54. The number of anilines is 1. The number of unbranched alkanes of at least 4 members (excludes halogenated alkanes) is 4. The maximum atomic E-state index is 13.2. The van der Waals surface area contributed by atoms with E-state index in [0.717, 1.165) is 37.0 Å². The zero-order valence-electron chi connectivity index (χ0n) is 31.4. The van der Waals surface area contributed by atoms with E-state index in [4.69, 9.17) is 27.9 Å². The van der Waals surface area contributed by atoms with E-state index < -0.39 is 47.4 Å². The van der Waals surface area contributed by atoms with E-state index in [1.807, 2.05) is 0 Å². The van der Waals surface area contributed by atoms with Gasteiger partial charge in [-0.1, -0.05) is 54.6 Å². The minimum absolute atomic E-state index is 0.00461. The maximum Gasteiger partial charge on any atom is 0.271 e. The van der Waals surface area contributed by atoms with Crippen molar-refractivity contribution in [3.05, 3.63) is 75.0 Å². The van der Waals surface area contributed by atoms with Gasteiger partial charge in [-0.25, -0.2) is 0 Å². The summed E-state index contributed by atoms with van der Waals surface area (Å²) in [6, 6.07) is 7.87. The average molecular weight is 838 g/mol. The van der Waals surface area contributed by atoms with Crippen molar-refractivity contribution in [2.75, 3.05) is 31.6 Å². The van der Waals surface area contributed by atoms with Gasteiger partial charge in [0.1, 0.15) is 17.5 Å². The fourth-order valence-electron chi connectivity index (χ4n) is 7.10. The second-order valence-corrected chi connectivity index (χ2v) is 14.9. The molecule has 17 nitrogen and oxygen atoms in total. The van der Waals surface area contributed by atoms with Gasteiger partial charge in [0.2, 0.25) is 17.7 Å². The quantitative estimate of drug-likeness (QED) is 0.104. The van der Waals surface area contributed by atoms with E-state index in [9.17, 15) is 38.4 Å². The Hall–Kier alpha value is -5.81. The Morgan fingerprint density at radius 2 is 1.57 bits per heavy atom. The van der Waals surface area contributed by atoms with E-state index in [1.165, 1.54) is 36.5 Å². The lowest BCUT2D eigenvalue weighted by atomic mass is 10.0. The Morgan fingerprint density at radius 3 is 2.31 bits per heavy atom. The smallest absolute Gasteiger partial charge is 0.271 e. The number of H-pyrrole nitrogens is 1. The summed E-state index contributed by atoms with van der Waals surface area (Å²) in [6.07, 6.45) is 6.95. The monoisotopic (exact) mass is 836 g/mol. The number of halogens is 2. The summed E-state index contributed by atoms with van der Waals surface area (Å²) in [6.45, 7) is 1.04. The van der Waals surface area contributed by atoms with Crippen LogP contribution in [0.4, 0.5) is 5.69 Å². The minimum Gasteiger partial charge on any atom is -0.483 e. The molecular weight excluding hydrogens is 795 g/mol. The number of likely N-dealkylation sites (tertiary alicyclic amines) is 1. The Bertz CT molecular complexity index is 2100. The number of fused-ring (bicyclic) bond motifs is 1. The third kappa shape index (κ3) is 9.82. The Morgan fingerprint density at radius 1 is 0.862 bits per heavy atom.